The maximum Gasteiger partial charge on any atom is 0.329 e. The van der Waals surface area contributed by atoms with Crippen LogP contribution in [0.4, 0.5) is 5.82 Å². The third-order valence-electron chi connectivity index (χ3n) is 10.2. The molecule has 1 aliphatic rings. The van der Waals surface area contributed by atoms with Gasteiger partial charge < -0.3 is 46.5 Å². The Kier molecular flexibility index (Phi) is 16.5. The molecule has 3 heterocycles. The quantitative estimate of drug-likeness (QED) is 0.0657. The van der Waals surface area contributed by atoms with Gasteiger partial charge in [-0.05, 0) is 79.5 Å². The highest BCUT2D eigenvalue weighted by molar-refractivity contribution is 7.98. The number of thioether (sulfide) groups is 1. The minimum Gasteiger partial charge on any atom is -0.490 e. The molecular formula is C44H50ClN9O8S. The first-order chi connectivity index (χ1) is 30.0. The number of ether oxygens (including phenoxy) is 3. The Morgan fingerprint density at radius 2 is 1.67 bits per heavy atom. The van der Waals surface area contributed by atoms with E-state index in [1.54, 1.807) is 48.5 Å². The molecule has 6 unspecified atom stereocenters. The van der Waals surface area contributed by atoms with E-state index in [0.717, 1.165) is 5.56 Å². The molecule has 19 heteroatoms. The summed E-state index contributed by atoms with van der Waals surface area (Å²) < 4.78 is 22.9. The van der Waals surface area contributed by atoms with Gasteiger partial charge in [-0.1, -0.05) is 63.2 Å². The number of nitrogens with one attached hydrogen (secondary N) is 2. The van der Waals surface area contributed by atoms with Crippen molar-refractivity contribution < 1.29 is 37.8 Å². The van der Waals surface area contributed by atoms with Crippen LogP contribution in [0.25, 0.3) is 22.6 Å². The van der Waals surface area contributed by atoms with Gasteiger partial charge in [-0.3, -0.25) is 9.59 Å². The average Bonchev–Trinajstić information content (AvgIpc) is 3.73. The standard InChI is InChI=1S/C44H50ClN9O8S/c1-22(2)14-34(48)39(55)51-24(5)43(57)61-20-30(62-44(58)35-15-31(23(3)4)37(49)40(56)53-35)19-59-29-12-8-25(9-13-29)36-32(16-46)38(50)54-42(33(36)17-47)63-21-28-18-60-41(52-28)26-6-10-27(45)11-7-26/h6-13,18,22-24,30-31,34-35,37H,14-15,19-21,48-49H2,1-5H3,(H2,50,54)(H,51,55)(H,53,56). The van der Waals surface area contributed by atoms with E-state index in [-0.39, 0.29) is 64.1 Å². The van der Waals surface area contributed by atoms with Gasteiger partial charge in [0.1, 0.15) is 65.9 Å². The zero-order valence-corrected chi connectivity index (χ0v) is 37.0. The van der Waals surface area contributed by atoms with Gasteiger partial charge >= 0.3 is 11.9 Å². The van der Waals surface area contributed by atoms with E-state index in [1.165, 1.54) is 24.9 Å². The summed E-state index contributed by atoms with van der Waals surface area (Å²) in [7, 11) is 0. The molecule has 332 valence electrons. The maximum atomic E-state index is 13.5. The van der Waals surface area contributed by atoms with Crippen LogP contribution in [0, 0.1) is 40.4 Å². The number of aromatic nitrogens is 2. The Labute approximate surface area is 374 Å². The number of carbonyl (C=O) groups is 4. The number of pyridine rings is 1. The van der Waals surface area contributed by atoms with Crippen LogP contribution in [-0.4, -0.2) is 77.2 Å². The number of nitrogens with two attached hydrogens (primary N) is 3. The predicted molar refractivity (Wildman–Crippen MR) is 234 cm³/mol. The van der Waals surface area contributed by atoms with Crippen molar-refractivity contribution in [2.24, 2.45) is 29.2 Å². The minimum absolute atomic E-state index is 0.00594. The van der Waals surface area contributed by atoms with Crippen molar-refractivity contribution in [1.29, 1.82) is 10.5 Å². The van der Waals surface area contributed by atoms with E-state index in [0.29, 0.717) is 34.3 Å². The van der Waals surface area contributed by atoms with Crippen LogP contribution in [0.5, 0.6) is 5.75 Å². The van der Waals surface area contributed by atoms with Gasteiger partial charge in [0, 0.05) is 21.9 Å². The second-order valence-electron chi connectivity index (χ2n) is 15.8. The molecule has 2 aromatic heterocycles. The van der Waals surface area contributed by atoms with Gasteiger partial charge in [0.2, 0.25) is 17.7 Å². The van der Waals surface area contributed by atoms with Gasteiger partial charge in [-0.15, -0.1) is 0 Å². The molecular weight excluding hydrogens is 850 g/mol. The Hall–Kier alpha value is -6.18. The van der Waals surface area contributed by atoms with E-state index in [9.17, 15) is 29.7 Å². The molecule has 6 atom stereocenters. The van der Waals surface area contributed by atoms with E-state index >= 15 is 0 Å². The van der Waals surface area contributed by atoms with Crippen LogP contribution >= 0.6 is 23.4 Å². The summed E-state index contributed by atoms with van der Waals surface area (Å²) in [6, 6.07) is 14.0. The van der Waals surface area contributed by atoms with Crippen molar-refractivity contribution in [1.82, 2.24) is 20.6 Å². The summed E-state index contributed by atoms with van der Waals surface area (Å²) in [6.45, 7) is 8.34. The number of halogens is 1. The van der Waals surface area contributed by atoms with Crippen molar-refractivity contribution in [2.75, 3.05) is 18.9 Å². The number of benzene rings is 2. The number of oxazole rings is 1. The fourth-order valence-electron chi connectivity index (χ4n) is 6.78. The number of amides is 2. The second-order valence-corrected chi connectivity index (χ2v) is 17.2. The van der Waals surface area contributed by atoms with Crippen molar-refractivity contribution >= 4 is 52.9 Å². The van der Waals surface area contributed by atoms with Gasteiger partial charge in [-0.25, -0.2) is 19.6 Å². The van der Waals surface area contributed by atoms with Crippen LogP contribution in [0.15, 0.2) is 64.2 Å². The number of esters is 2. The van der Waals surface area contributed by atoms with Gasteiger partial charge in [0.15, 0.2) is 6.10 Å². The first-order valence-corrected chi connectivity index (χ1v) is 21.5. The highest BCUT2D eigenvalue weighted by atomic mass is 35.5. The zero-order valence-electron chi connectivity index (χ0n) is 35.4. The zero-order chi connectivity index (χ0) is 46.0. The number of nitriles is 2. The van der Waals surface area contributed by atoms with Gasteiger partial charge in [0.25, 0.3) is 0 Å². The Morgan fingerprint density at radius 1 is 1.00 bits per heavy atom. The van der Waals surface area contributed by atoms with Crippen molar-refractivity contribution in [3.63, 3.8) is 0 Å². The molecule has 0 aliphatic carbocycles. The summed E-state index contributed by atoms with van der Waals surface area (Å²) in [5.74, 6) is -1.82. The van der Waals surface area contributed by atoms with Crippen LogP contribution in [0.3, 0.4) is 0 Å². The molecule has 0 saturated carbocycles. The average molecular weight is 900 g/mol. The van der Waals surface area contributed by atoms with Crippen molar-refractivity contribution in [2.45, 2.75) is 88.5 Å². The molecule has 17 nitrogen and oxygen atoms in total. The van der Waals surface area contributed by atoms with Crippen molar-refractivity contribution in [3.05, 3.63) is 76.6 Å². The molecule has 0 bridgehead atoms. The molecule has 0 spiro atoms. The lowest BCUT2D eigenvalue weighted by molar-refractivity contribution is -0.165. The lowest BCUT2D eigenvalue weighted by Gasteiger charge is -2.35. The maximum absolute atomic E-state index is 13.5. The van der Waals surface area contributed by atoms with Crippen LogP contribution < -0.4 is 32.6 Å². The van der Waals surface area contributed by atoms with Crippen LogP contribution in [0.1, 0.15) is 64.3 Å². The SMILES string of the molecule is CC(C)CC(N)C(=O)NC(C)C(=O)OCC(COc1ccc(-c2c(C#N)c(N)nc(SCc3coc(-c4ccc(Cl)cc4)n3)c2C#N)cc1)OC(=O)C1CC(C(C)C)C(N)C(=O)N1. The molecule has 2 amide bonds. The third-order valence-corrected chi connectivity index (χ3v) is 11.5. The Balaban J connectivity index is 1.31. The number of hydrogen-bond donors (Lipinski definition) is 5. The molecule has 4 aromatic rings. The molecule has 0 radical (unpaired) electrons. The highest BCUT2D eigenvalue weighted by Crippen LogP contribution is 2.37. The van der Waals surface area contributed by atoms with Crippen molar-refractivity contribution in [3.8, 4) is 40.5 Å². The molecule has 1 saturated heterocycles. The van der Waals surface area contributed by atoms with E-state index in [1.807, 2.05) is 27.7 Å². The monoisotopic (exact) mass is 899 g/mol. The van der Waals surface area contributed by atoms with Crippen LogP contribution in [-0.2, 0) is 34.4 Å². The number of hydrogen-bond acceptors (Lipinski definition) is 16. The first kappa shape index (κ1) is 47.9. The predicted octanol–water partition coefficient (Wildman–Crippen LogP) is 4.87. The van der Waals surface area contributed by atoms with Gasteiger partial charge in [0.05, 0.1) is 23.3 Å². The topological polar surface area (TPSA) is 285 Å². The highest BCUT2D eigenvalue weighted by Gasteiger charge is 2.40. The molecule has 1 fully saturated rings. The smallest absolute Gasteiger partial charge is 0.329 e. The summed E-state index contributed by atoms with van der Waals surface area (Å²) in [6.07, 6.45) is 0.985. The number of piperidine rings is 1. The second kappa shape index (κ2) is 21.8. The summed E-state index contributed by atoms with van der Waals surface area (Å²) in [5, 5.41) is 26.5. The molecule has 5 rings (SSSR count). The number of nitrogens with zero attached hydrogens (tertiary/aromatic N) is 4. The minimum atomic E-state index is -1.17. The fraction of sp³-hybridized carbons (Fsp3) is 0.409. The van der Waals surface area contributed by atoms with Crippen LogP contribution in [0.2, 0.25) is 5.02 Å². The Morgan fingerprint density at radius 3 is 2.30 bits per heavy atom. The summed E-state index contributed by atoms with van der Waals surface area (Å²) in [4.78, 5) is 60.6. The lowest BCUT2D eigenvalue weighted by Crippen LogP contribution is -2.59. The lowest BCUT2D eigenvalue weighted by atomic mass is 9.80. The fourth-order valence-corrected chi connectivity index (χ4v) is 7.78. The van der Waals surface area contributed by atoms with Gasteiger partial charge in [-0.2, -0.15) is 10.5 Å². The Bertz CT molecular complexity index is 2360. The molecule has 8 N–H and O–H groups in total. The molecule has 63 heavy (non-hydrogen) atoms. The largest absolute Gasteiger partial charge is 0.490 e. The summed E-state index contributed by atoms with van der Waals surface area (Å²) >= 11 is 7.20. The normalized spacial score (nSPS) is 17.5. The van der Waals surface area contributed by atoms with E-state index in [4.69, 9.17) is 47.4 Å². The number of nitrogen functional groups attached to an aromatic ring is 1. The summed E-state index contributed by atoms with van der Waals surface area (Å²) in [5.41, 5.74) is 20.5. The number of carbonyl (C=O) groups excluding carboxylic acids is 4. The first-order valence-electron chi connectivity index (χ1n) is 20.2. The number of anilines is 1. The third kappa shape index (κ3) is 12.5. The van der Waals surface area contributed by atoms with E-state index < -0.39 is 60.6 Å². The number of rotatable bonds is 18. The van der Waals surface area contributed by atoms with E-state index in [2.05, 4.69) is 32.7 Å². The molecule has 1 aliphatic heterocycles. The molecule has 2 aromatic carbocycles.